The van der Waals surface area contributed by atoms with Crippen LogP contribution in [0.2, 0.25) is 0 Å². The number of aromatic nitrogens is 5. The molecule has 0 atom stereocenters. The van der Waals surface area contributed by atoms with Crippen LogP contribution in [0.15, 0.2) is 9.50 Å². The summed E-state index contributed by atoms with van der Waals surface area (Å²) in [7, 11) is 0. The van der Waals surface area contributed by atoms with Gasteiger partial charge in [-0.15, -0.1) is 15.3 Å². The third-order valence-corrected chi connectivity index (χ3v) is 5.01. The standard InChI is InChI=1S/C12H15N5S2/c1-3-8-9(4-2)14-16-11(13-8)19-12-17-15-10(18-12)7-5-6-7/h7H,3-6H2,1-2H3. The van der Waals surface area contributed by atoms with Crippen molar-refractivity contribution in [1.29, 1.82) is 0 Å². The fourth-order valence-electron chi connectivity index (χ4n) is 1.80. The van der Waals surface area contributed by atoms with Crippen LogP contribution in [-0.4, -0.2) is 25.4 Å². The molecule has 0 aliphatic heterocycles. The van der Waals surface area contributed by atoms with Crippen molar-refractivity contribution in [1.82, 2.24) is 25.4 Å². The van der Waals surface area contributed by atoms with E-state index in [9.17, 15) is 0 Å². The Morgan fingerprint density at radius 1 is 1.05 bits per heavy atom. The number of hydrogen-bond acceptors (Lipinski definition) is 7. The molecule has 0 amide bonds. The van der Waals surface area contributed by atoms with E-state index in [4.69, 9.17) is 0 Å². The van der Waals surface area contributed by atoms with Crippen molar-refractivity contribution < 1.29 is 0 Å². The van der Waals surface area contributed by atoms with Gasteiger partial charge in [0.15, 0.2) is 4.34 Å². The first-order valence-corrected chi connectivity index (χ1v) is 8.17. The Morgan fingerprint density at radius 2 is 1.84 bits per heavy atom. The van der Waals surface area contributed by atoms with E-state index in [2.05, 4.69) is 39.2 Å². The van der Waals surface area contributed by atoms with E-state index in [0.29, 0.717) is 11.1 Å². The Bertz CT molecular complexity index is 579. The Hall–Kier alpha value is -1.08. The van der Waals surface area contributed by atoms with Gasteiger partial charge in [0, 0.05) is 5.92 Å². The predicted molar refractivity (Wildman–Crippen MR) is 74.6 cm³/mol. The number of aryl methyl sites for hydroxylation is 2. The maximum atomic E-state index is 4.56. The molecule has 0 saturated heterocycles. The highest BCUT2D eigenvalue weighted by molar-refractivity contribution is 8.00. The minimum atomic E-state index is 0.652. The molecule has 0 unspecified atom stereocenters. The molecule has 1 aliphatic rings. The summed E-state index contributed by atoms with van der Waals surface area (Å²) < 4.78 is 0.912. The Kier molecular flexibility index (Phi) is 3.74. The van der Waals surface area contributed by atoms with Crippen LogP contribution >= 0.6 is 23.1 Å². The van der Waals surface area contributed by atoms with Gasteiger partial charge in [-0.25, -0.2) is 4.98 Å². The van der Waals surface area contributed by atoms with E-state index in [-0.39, 0.29) is 0 Å². The lowest BCUT2D eigenvalue weighted by Crippen LogP contribution is -2.03. The highest BCUT2D eigenvalue weighted by atomic mass is 32.2. The molecule has 7 heteroatoms. The number of nitrogens with zero attached hydrogens (tertiary/aromatic N) is 5. The smallest absolute Gasteiger partial charge is 0.216 e. The van der Waals surface area contributed by atoms with Crippen LogP contribution in [0.4, 0.5) is 0 Å². The van der Waals surface area contributed by atoms with Crippen LogP contribution in [0.5, 0.6) is 0 Å². The summed E-state index contributed by atoms with van der Waals surface area (Å²) in [4.78, 5) is 4.56. The quantitative estimate of drug-likeness (QED) is 0.844. The van der Waals surface area contributed by atoms with Crippen LogP contribution in [0.3, 0.4) is 0 Å². The molecule has 19 heavy (non-hydrogen) atoms. The summed E-state index contributed by atoms with van der Waals surface area (Å²) in [6.07, 6.45) is 4.26. The molecule has 0 radical (unpaired) electrons. The van der Waals surface area contributed by atoms with E-state index in [1.807, 2.05) is 0 Å². The van der Waals surface area contributed by atoms with Gasteiger partial charge in [0.1, 0.15) is 5.01 Å². The van der Waals surface area contributed by atoms with Crippen molar-refractivity contribution in [2.75, 3.05) is 0 Å². The lowest BCUT2D eigenvalue weighted by atomic mass is 10.2. The molecule has 1 aliphatic carbocycles. The summed E-state index contributed by atoms with van der Waals surface area (Å²) in [5.74, 6) is 0.652. The van der Waals surface area contributed by atoms with Crippen LogP contribution < -0.4 is 0 Å². The molecular formula is C12H15N5S2. The fraction of sp³-hybridized carbons (Fsp3) is 0.583. The second-order valence-electron chi connectivity index (χ2n) is 4.48. The van der Waals surface area contributed by atoms with E-state index in [1.54, 1.807) is 11.3 Å². The molecular weight excluding hydrogens is 278 g/mol. The summed E-state index contributed by atoms with van der Waals surface area (Å²) in [5, 5.41) is 18.6. The molecule has 0 N–H and O–H groups in total. The number of rotatable bonds is 5. The lowest BCUT2D eigenvalue weighted by Gasteiger charge is -2.03. The Labute approximate surface area is 120 Å². The second-order valence-corrected chi connectivity index (χ2v) is 6.70. The summed E-state index contributed by atoms with van der Waals surface area (Å²) in [6.45, 7) is 4.16. The van der Waals surface area contributed by atoms with Gasteiger partial charge in [-0.05, 0) is 37.4 Å². The molecule has 100 valence electrons. The van der Waals surface area contributed by atoms with Crippen LogP contribution in [0.25, 0.3) is 0 Å². The van der Waals surface area contributed by atoms with E-state index in [0.717, 1.165) is 33.6 Å². The zero-order chi connectivity index (χ0) is 13.2. The first-order valence-electron chi connectivity index (χ1n) is 6.53. The van der Waals surface area contributed by atoms with Gasteiger partial charge in [-0.1, -0.05) is 25.2 Å². The summed E-state index contributed by atoms with van der Waals surface area (Å²) in [6, 6.07) is 0. The molecule has 5 nitrogen and oxygen atoms in total. The second kappa shape index (κ2) is 5.50. The van der Waals surface area contributed by atoms with Gasteiger partial charge in [0.2, 0.25) is 5.16 Å². The van der Waals surface area contributed by atoms with E-state index < -0.39 is 0 Å². The molecule has 2 aromatic heterocycles. The highest BCUT2D eigenvalue weighted by Gasteiger charge is 2.27. The average molecular weight is 293 g/mol. The zero-order valence-corrected chi connectivity index (χ0v) is 12.6. The van der Waals surface area contributed by atoms with Gasteiger partial charge in [0.25, 0.3) is 0 Å². The third kappa shape index (κ3) is 2.92. The molecule has 1 fully saturated rings. The molecule has 0 aromatic carbocycles. The maximum Gasteiger partial charge on any atom is 0.216 e. The van der Waals surface area contributed by atoms with Crippen molar-refractivity contribution in [2.45, 2.75) is 54.9 Å². The van der Waals surface area contributed by atoms with Crippen molar-refractivity contribution in [2.24, 2.45) is 0 Å². The van der Waals surface area contributed by atoms with E-state index >= 15 is 0 Å². The maximum absolute atomic E-state index is 4.56. The van der Waals surface area contributed by atoms with E-state index in [1.165, 1.54) is 24.6 Å². The van der Waals surface area contributed by atoms with Crippen molar-refractivity contribution in [3.63, 3.8) is 0 Å². The van der Waals surface area contributed by atoms with Gasteiger partial charge in [-0.3, -0.25) is 0 Å². The third-order valence-electron chi connectivity index (χ3n) is 3.02. The van der Waals surface area contributed by atoms with Gasteiger partial charge < -0.3 is 0 Å². The van der Waals surface area contributed by atoms with Crippen LogP contribution in [-0.2, 0) is 12.8 Å². The monoisotopic (exact) mass is 293 g/mol. The van der Waals surface area contributed by atoms with Crippen molar-refractivity contribution in [3.8, 4) is 0 Å². The number of hydrogen-bond donors (Lipinski definition) is 0. The fourth-order valence-corrected chi connectivity index (χ4v) is 3.67. The van der Waals surface area contributed by atoms with Crippen molar-refractivity contribution in [3.05, 3.63) is 16.4 Å². The largest absolute Gasteiger partial charge is 0.224 e. The first-order chi connectivity index (χ1) is 9.30. The highest BCUT2D eigenvalue weighted by Crippen LogP contribution is 2.43. The SMILES string of the molecule is CCc1nnc(Sc2nnc(C3CC3)s2)nc1CC. The Balaban J connectivity index is 1.77. The lowest BCUT2D eigenvalue weighted by molar-refractivity contribution is 0.744. The minimum Gasteiger partial charge on any atom is -0.224 e. The summed E-state index contributed by atoms with van der Waals surface area (Å²) in [5.41, 5.74) is 2.02. The topological polar surface area (TPSA) is 64.5 Å². The van der Waals surface area contributed by atoms with Crippen LogP contribution in [0, 0.1) is 0 Å². The van der Waals surface area contributed by atoms with Crippen LogP contribution in [0.1, 0.15) is 49.0 Å². The van der Waals surface area contributed by atoms with Crippen molar-refractivity contribution >= 4 is 23.1 Å². The van der Waals surface area contributed by atoms with Gasteiger partial charge in [0.05, 0.1) is 11.4 Å². The average Bonchev–Trinajstić information content (AvgIpc) is 3.19. The normalized spacial score (nSPS) is 14.8. The molecule has 0 bridgehead atoms. The molecule has 0 spiro atoms. The predicted octanol–water partition coefficient (Wildman–Crippen LogP) is 2.88. The molecule has 1 saturated carbocycles. The minimum absolute atomic E-state index is 0.652. The first kappa shape index (κ1) is 12.9. The van der Waals surface area contributed by atoms with Gasteiger partial charge >= 0.3 is 0 Å². The summed E-state index contributed by atoms with van der Waals surface area (Å²) >= 11 is 3.12. The zero-order valence-electron chi connectivity index (χ0n) is 11.0. The molecule has 2 aromatic rings. The van der Waals surface area contributed by atoms with Gasteiger partial charge in [-0.2, -0.15) is 5.10 Å². The molecule has 3 rings (SSSR count). The Morgan fingerprint density at radius 3 is 2.53 bits per heavy atom. The molecule has 2 heterocycles.